The maximum atomic E-state index is 13.1. The van der Waals surface area contributed by atoms with E-state index in [1.807, 2.05) is 6.07 Å². The minimum absolute atomic E-state index is 0.212. The van der Waals surface area contributed by atoms with Crippen LogP contribution in [-0.2, 0) is 23.0 Å². The van der Waals surface area contributed by atoms with Crippen LogP contribution in [0.25, 0.3) is 0 Å². The Labute approximate surface area is 197 Å². The first-order valence-electron chi connectivity index (χ1n) is 10.2. The molecule has 0 spiro atoms. The van der Waals surface area contributed by atoms with Crippen molar-refractivity contribution < 1.29 is 22.7 Å². The molecule has 0 radical (unpaired) electrons. The average Bonchev–Trinajstić information content (AvgIpc) is 2.83. The first-order valence-corrected chi connectivity index (χ1v) is 12.0. The molecule has 1 amide bonds. The summed E-state index contributed by atoms with van der Waals surface area (Å²) >= 11 is 6.04. The number of ether oxygens (including phenoxy) is 2. The van der Waals surface area contributed by atoms with E-state index < -0.39 is 10.0 Å². The van der Waals surface area contributed by atoms with Gasteiger partial charge in [-0.2, -0.15) is 4.31 Å². The molecule has 1 aliphatic heterocycles. The molecule has 0 atom stereocenters. The van der Waals surface area contributed by atoms with Gasteiger partial charge in [0.15, 0.2) is 0 Å². The Morgan fingerprint density at radius 3 is 2.42 bits per heavy atom. The highest BCUT2D eigenvalue weighted by molar-refractivity contribution is 7.89. The van der Waals surface area contributed by atoms with Crippen molar-refractivity contribution in [2.45, 2.75) is 17.9 Å². The third-order valence-electron chi connectivity index (χ3n) is 5.54. The molecule has 4 rings (SSSR count). The van der Waals surface area contributed by atoms with E-state index >= 15 is 0 Å². The summed E-state index contributed by atoms with van der Waals surface area (Å²) in [5.41, 5.74) is 2.76. The number of benzene rings is 3. The van der Waals surface area contributed by atoms with Gasteiger partial charge in [0, 0.05) is 23.8 Å². The Morgan fingerprint density at radius 1 is 0.970 bits per heavy atom. The highest BCUT2D eigenvalue weighted by Gasteiger charge is 2.28. The Balaban J connectivity index is 1.55. The summed E-state index contributed by atoms with van der Waals surface area (Å²) in [6, 6.07) is 16.7. The molecule has 0 bridgehead atoms. The van der Waals surface area contributed by atoms with Gasteiger partial charge in [0.25, 0.3) is 5.91 Å². The number of methoxy groups -OCH3 is 2. The lowest BCUT2D eigenvalue weighted by Gasteiger charge is -2.28. The molecule has 1 aliphatic rings. The van der Waals surface area contributed by atoms with Gasteiger partial charge in [0.05, 0.1) is 24.7 Å². The van der Waals surface area contributed by atoms with Gasteiger partial charge in [-0.25, -0.2) is 8.42 Å². The van der Waals surface area contributed by atoms with Crippen molar-refractivity contribution in [2.75, 3.05) is 26.1 Å². The zero-order valence-electron chi connectivity index (χ0n) is 18.2. The molecule has 9 heteroatoms. The second-order valence-electron chi connectivity index (χ2n) is 7.55. The van der Waals surface area contributed by atoms with Crippen LogP contribution < -0.4 is 14.8 Å². The Bertz CT molecular complexity index is 1290. The van der Waals surface area contributed by atoms with Crippen molar-refractivity contribution in [3.8, 4) is 11.5 Å². The Hall–Kier alpha value is -3.07. The molecule has 1 N–H and O–H groups in total. The van der Waals surface area contributed by atoms with Gasteiger partial charge in [-0.1, -0.05) is 17.7 Å². The number of carbonyl (C=O) groups is 1. The van der Waals surface area contributed by atoms with E-state index in [9.17, 15) is 13.2 Å². The van der Waals surface area contributed by atoms with Crippen LogP contribution >= 0.6 is 11.6 Å². The molecule has 33 heavy (non-hydrogen) atoms. The summed E-state index contributed by atoms with van der Waals surface area (Å²) in [5.74, 6) is 0.633. The van der Waals surface area contributed by atoms with E-state index in [1.54, 1.807) is 48.5 Å². The molecule has 0 fully saturated rings. The summed E-state index contributed by atoms with van der Waals surface area (Å²) in [5, 5.41) is 3.27. The van der Waals surface area contributed by atoms with Crippen molar-refractivity contribution in [2.24, 2.45) is 0 Å². The number of fused-ring (bicyclic) bond motifs is 1. The number of amides is 1. The highest BCUT2D eigenvalue weighted by atomic mass is 35.5. The van der Waals surface area contributed by atoms with E-state index in [4.69, 9.17) is 21.1 Å². The molecule has 1 heterocycles. The number of hydrogen-bond acceptors (Lipinski definition) is 5. The standard InChI is InChI=1S/C24H23ClN2O5S/c1-31-20-6-8-21(9-7-20)33(29,30)27-12-11-16-3-5-19(13-17(16)15-27)26-24(28)22-14-18(25)4-10-23(22)32-2/h3-10,13-14H,11-12,15H2,1-2H3,(H,26,28). The fourth-order valence-corrected chi connectivity index (χ4v) is 5.36. The topological polar surface area (TPSA) is 84.9 Å². The monoisotopic (exact) mass is 486 g/mol. The first kappa shape index (κ1) is 23.1. The molecule has 3 aromatic carbocycles. The van der Waals surface area contributed by atoms with Crippen LogP contribution in [0.2, 0.25) is 5.02 Å². The van der Waals surface area contributed by atoms with E-state index in [-0.39, 0.29) is 17.3 Å². The van der Waals surface area contributed by atoms with Gasteiger partial charge in [0.2, 0.25) is 10.0 Å². The lowest BCUT2D eigenvalue weighted by Crippen LogP contribution is -2.36. The predicted molar refractivity (Wildman–Crippen MR) is 127 cm³/mol. The highest BCUT2D eigenvalue weighted by Crippen LogP contribution is 2.29. The first-order chi connectivity index (χ1) is 15.8. The number of halogens is 1. The lowest BCUT2D eigenvalue weighted by molar-refractivity contribution is 0.102. The summed E-state index contributed by atoms with van der Waals surface area (Å²) in [4.78, 5) is 13.0. The predicted octanol–water partition coefficient (Wildman–Crippen LogP) is 4.36. The molecule has 7 nitrogen and oxygen atoms in total. The van der Waals surface area contributed by atoms with Crippen LogP contribution in [0.3, 0.4) is 0 Å². The molecule has 0 saturated heterocycles. The van der Waals surface area contributed by atoms with E-state index in [0.29, 0.717) is 40.7 Å². The Morgan fingerprint density at radius 2 is 1.73 bits per heavy atom. The van der Waals surface area contributed by atoms with Gasteiger partial charge in [0.1, 0.15) is 11.5 Å². The van der Waals surface area contributed by atoms with Crippen LogP contribution in [0.5, 0.6) is 11.5 Å². The minimum atomic E-state index is -3.66. The van der Waals surface area contributed by atoms with Gasteiger partial charge in [-0.3, -0.25) is 4.79 Å². The van der Waals surface area contributed by atoms with E-state index in [1.165, 1.54) is 24.6 Å². The maximum absolute atomic E-state index is 13.1. The summed E-state index contributed by atoms with van der Waals surface area (Å²) in [6.07, 6.45) is 0.584. The van der Waals surface area contributed by atoms with Crippen LogP contribution in [-0.4, -0.2) is 39.4 Å². The van der Waals surface area contributed by atoms with Crippen molar-refractivity contribution in [1.29, 1.82) is 0 Å². The summed E-state index contributed by atoms with van der Waals surface area (Å²) in [6.45, 7) is 0.598. The second kappa shape index (κ2) is 9.43. The van der Waals surface area contributed by atoms with Gasteiger partial charge < -0.3 is 14.8 Å². The van der Waals surface area contributed by atoms with E-state index in [2.05, 4.69) is 5.32 Å². The quantitative estimate of drug-likeness (QED) is 0.559. The van der Waals surface area contributed by atoms with Crippen LogP contribution in [0, 0.1) is 0 Å². The molecule has 0 aromatic heterocycles. The zero-order valence-corrected chi connectivity index (χ0v) is 19.7. The molecule has 0 saturated carbocycles. The summed E-state index contributed by atoms with van der Waals surface area (Å²) in [7, 11) is -0.649. The van der Waals surface area contributed by atoms with Crippen LogP contribution in [0.1, 0.15) is 21.5 Å². The van der Waals surface area contributed by atoms with Crippen LogP contribution in [0.15, 0.2) is 65.6 Å². The maximum Gasteiger partial charge on any atom is 0.259 e. The van der Waals surface area contributed by atoms with Crippen LogP contribution in [0.4, 0.5) is 5.69 Å². The number of nitrogens with zero attached hydrogens (tertiary/aromatic N) is 1. The largest absolute Gasteiger partial charge is 0.497 e. The van der Waals surface area contributed by atoms with Crippen molar-refractivity contribution >= 4 is 33.2 Å². The Kier molecular flexibility index (Phi) is 6.60. The minimum Gasteiger partial charge on any atom is -0.497 e. The fourth-order valence-electron chi connectivity index (χ4n) is 3.77. The molecule has 0 unspecified atom stereocenters. The third-order valence-corrected chi connectivity index (χ3v) is 7.64. The smallest absolute Gasteiger partial charge is 0.259 e. The number of rotatable bonds is 6. The number of sulfonamides is 1. The number of nitrogens with one attached hydrogen (secondary N) is 1. The van der Waals surface area contributed by atoms with Crippen molar-refractivity contribution in [3.63, 3.8) is 0 Å². The van der Waals surface area contributed by atoms with Crippen molar-refractivity contribution in [1.82, 2.24) is 4.31 Å². The molecular formula is C24H23ClN2O5S. The van der Waals surface area contributed by atoms with Gasteiger partial charge in [-0.15, -0.1) is 0 Å². The van der Waals surface area contributed by atoms with Crippen molar-refractivity contribution in [3.05, 3.63) is 82.4 Å². The normalized spacial score (nSPS) is 13.8. The number of hydrogen-bond donors (Lipinski definition) is 1. The number of carbonyl (C=O) groups excluding carboxylic acids is 1. The molecule has 0 aliphatic carbocycles. The van der Waals surface area contributed by atoms with E-state index in [0.717, 1.165) is 11.1 Å². The third kappa shape index (κ3) is 4.83. The zero-order chi connectivity index (χ0) is 23.6. The second-order valence-corrected chi connectivity index (χ2v) is 9.92. The van der Waals surface area contributed by atoms with Gasteiger partial charge in [-0.05, 0) is 72.1 Å². The average molecular weight is 487 g/mol. The van der Waals surface area contributed by atoms with Gasteiger partial charge >= 0.3 is 0 Å². The number of anilines is 1. The fraction of sp³-hybridized carbons (Fsp3) is 0.208. The molecular weight excluding hydrogens is 464 g/mol. The molecule has 3 aromatic rings. The molecule has 172 valence electrons. The summed E-state index contributed by atoms with van der Waals surface area (Å²) < 4.78 is 38.1. The SMILES string of the molecule is COc1ccc(S(=O)(=O)N2CCc3ccc(NC(=O)c4cc(Cl)ccc4OC)cc3C2)cc1. The lowest BCUT2D eigenvalue weighted by atomic mass is 10.0.